The first-order valence-electron chi connectivity index (χ1n) is 7.38. The second kappa shape index (κ2) is 7.83. The Bertz CT molecular complexity index is 735. The molecule has 1 aliphatic heterocycles. The van der Waals surface area contributed by atoms with Gasteiger partial charge in [-0.15, -0.1) is 0 Å². The van der Waals surface area contributed by atoms with Crippen LogP contribution in [0.25, 0.3) is 0 Å². The van der Waals surface area contributed by atoms with Gasteiger partial charge in [0.1, 0.15) is 6.04 Å². The van der Waals surface area contributed by atoms with E-state index in [-0.39, 0.29) is 17.9 Å². The fourth-order valence-electron chi connectivity index (χ4n) is 2.15. The Morgan fingerprint density at radius 2 is 1.83 bits per heavy atom. The van der Waals surface area contributed by atoms with Crippen LogP contribution in [0, 0.1) is 0 Å². The SMILES string of the molecule is O=C(Nc1ccc(SN[C@H]2CCOC2=O)cc1)c1ccc(Br)cc1. The van der Waals surface area contributed by atoms with Gasteiger partial charge < -0.3 is 10.1 Å². The van der Waals surface area contributed by atoms with Crippen LogP contribution < -0.4 is 10.0 Å². The number of ether oxygens (including phenoxy) is 1. The van der Waals surface area contributed by atoms with Gasteiger partial charge in [-0.3, -0.25) is 9.59 Å². The topological polar surface area (TPSA) is 67.4 Å². The molecule has 1 saturated heterocycles. The number of anilines is 1. The minimum absolute atomic E-state index is 0.158. The van der Waals surface area contributed by atoms with E-state index in [2.05, 4.69) is 26.0 Å². The van der Waals surface area contributed by atoms with Gasteiger partial charge in [0, 0.05) is 27.0 Å². The van der Waals surface area contributed by atoms with Gasteiger partial charge in [0.05, 0.1) is 6.61 Å². The van der Waals surface area contributed by atoms with Crippen molar-refractivity contribution in [3.8, 4) is 0 Å². The highest BCUT2D eigenvalue weighted by atomic mass is 79.9. The zero-order valence-corrected chi connectivity index (χ0v) is 15.0. The zero-order chi connectivity index (χ0) is 16.9. The number of cyclic esters (lactones) is 1. The van der Waals surface area contributed by atoms with Crippen LogP contribution in [-0.4, -0.2) is 24.5 Å². The van der Waals surface area contributed by atoms with E-state index in [4.69, 9.17) is 4.74 Å². The van der Waals surface area contributed by atoms with Gasteiger partial charge in [-0.1, -0.05) is 15.9 Å². The summed E-state index contributed by atoms with van der Waals surface area (Å²) in [6, 6.07) is 14.3. The molecule has 0 radical (unpaired) electrons. The Morgan fingerprint density at radius 1 is 1.12 bits per heavy atom. The first-order chi connectivity index (χ1) is 11.6. The quantitative estimate of drug-likeness (QED) is 0.586. The van der Waals surface area contributed by atoms with Crippen molar-refractivity contribution in [2.24, 2.45) is 0 Å². The van der Waals surface area contributed by atoms with Crippen molar-refractivity contribution in [1.29, 1.82) is 0 Å². The largest absolute Gasteiger partial charge is 0.464 e. The third-order valence-electron chi connectivity index (χ3n) is 3.47. The van der Waals surface area contributed by atoms with Crippen LogP contribution in [0.2, 0.25) is 0 Å². The molecule has 2 N–H and O–H groups in total. The van der Waals surface area contributed by atoms with E-state index in [1.54, 1.807) is 12.1 Å². The van der Waals surface area contributed by atoms with Gasteiger partial charge in [0.15, 0.2) is 0 Å². The summed E-state index contributed by atoms with van der Waals surface area (Å²) in [5, 5.41) is 2.85. The number of esters is 1. The Kier molecular flexibility index (Phi) is 5.55. The molecule has 0 bridgehead atoms. The molecule has 124 valence electrons. The normalized spacial score (nSPS) is 16.7. The smallest absolute Gasteiger partial charge is 0.324 e. The van der Waals surface area contributed by atoms with E-state index >= 15 is 0 Å². The van der Waals surface area contributed by atoms with Crippen LogP contribution in [0.3, 0.4) is 0 Å². The first-order valence-corrected chi connectivity index (χ1v) is 8.99. The summed E-state index contributed by atoms with van der Waals surface area (Å²) >= 11 is 4.72. The molecule has 1 fully saturated rings. The maximum absolute atomic E-state index is 12.2. The highest BCUT2D eigenvalue weighted by molar-refractivity contribution is 9.10. The van der Waals surface area contributed by atoms with Gasteiger partial charge in [-0.05, 0) is 60.5 Å². The van der Waals surface area contributed by atoms with E-state index in [0.717, 1.165) is 9.37 Å². The fourth-order valence-corrected chi connectivity index (χ4v) is 3.18. The molecule has 0 spiro atoms. The van der Waals surface area contributed by atoms with Gasteiger partial charge in [0.25, 0.3) is 5.91 Å². The first kappa shape index (κ1) is 17.0. The highest BCUT2D eigenvalue weighted by Gasteiger charge is 2.26. The van der Waals surface area contributed by atoms with E-state index in [0.29, 0.717) is 24.3 Å². The van der Waals surface area contributed by atoms with Gasteiger partial charge in [-0.2, -0.15) is 0 Å². The van der Waals surface area contributed by atoms with Crippen molar-refractivity contribution in [3.05, 3.63) is 58.6 Å². The van der Waals surface area contributed by atoms with Crippen molar-refractivity contribution >= 4 is 45.4 Å². The third kappa shape index (κ3) is 4.37. The highest BCUT2D eigenvalue weighted by Crippen LogP contribution is 2.21. The Balaban J connectivity index is 1.55. The van der Waals surface area contributed by atoms with Crippen LogP contribution in [0.4, 0.5) is 5.69 Å². The summed E-state index contributed by atoms with van der Waals surface area (Å²) in [7, 11) is 0. The van der Waals surface area contributed by atoms with Crippen LogP contribution in [-0.2, 0) is 9.53 Å². The number of hydrogen-bond acceptors (Lipinski definition) is 5. The van der Waals surface area contributed by atoms with E-state index < -0.39 is 0 Å². The van der Waals surface area contributed by atoms with Crippen molar-refractivity contribution < 1.29 is 14.3 Å². The summed E-state index contributed by atoms with van der Waals surface area (Å²) in [5.74, 6) is -0.365. The molecule has 0 aliphatic carbocycles. The van der Waals surface area contributed by atoms with Gasteiger partial charge in [-0.25, -0.2) is 4.72 Å². The van der Waals surface area contributed by atoms with Crippen molar-refractivity contribution in [2.45, 2.75) is 17.4 Å². The number of carbonyl (C=O) groups excluding carboxylic acids is 2. The lowest BCUT2D eigenvalue weighted by atomic mass is 10.2. The molecule has 0 unspecified atom stereocenters. The number of amides is 1. The molecule has 7 heteroatoms. The van der Waals surface area contributed by atoms with E-state index in [1.165, 1.54) is 11.9 Å². The molecular weight excluding hydrogens is 392 g/mol. The summed E-state index contributed by atoms with van der Waals surface area (Å²) in [6.07, 6.45) is 0.688. The average Bonchev–Trinajstić information content (AvgIpc) is 3.00. The molecule has 1 heterocycles. The lowest BCUT2D eigenvalue weighted by Crippen LogP contribution is -2.27. The minimum Gasteiger partial charge on any atom is -0.464 e. The zero-order valence-electron chi connectivity index (χ0n) is 12.6. The van der Waals surface area contributed by atoms with Crippen LogP contribution in [0.15, 0.2) is 57.9 Å². The Hall–Kier alpha value is -1.83. The molecule has 0 saturated carbocycles. The number of nitrogens with one attached hydrogen (secondary N) is 2. The van der Waals surface area contributed by atoms with Crippen LogP contribution in [0.1, 0.15) is 16.8 Å². The maximum Gasteiger partial charge on any atom is 0.324 e. The van der Waals surface area contributed by atoms with Crippen molar-refractivity contribution in [3.63, 3.8) is 0 Å². The molecule has 1 aliphatic rings. The lowest BCUT2D eigenvalue weighted by molar-refractivity contribution is -0.139. The second-order valence-electron chi connectivity index (χ2n) is 5.21. The molecule has 2 aromatic rings. The summed E-state index contributed by atoms with van der Waals surface area (Å²) in [5.41, 5.74) is 1.31. The summed E-state index contributed by atoms with van der Waals surface area (Å²) in [6.45, 7) is 0.470. The van der Waals surface area contributed by atoms with Gasteiger partial charge >= 0.3 is 5.97 Å². The second-order valence-corrected chi connectivity index (χ2v) is 7.04. The molecule has 1 atom stereocenters. The number of rotatable bonds is 5. The fraction of sp³-hybridized carbons (Fsp3) is 0.176. The molecule has 0 aromatic heterocycles. The lowest BCUT2D eigenvalue weighted by Gasteiger charge is -2.09. The molecule has 24 heavy (non-hydrogen) atoms. The van der Waals surface area contributed by atoms with E-state index in [9.17, 15) is 9.59 Å². The minimum atomic E-state index is -0.258. The predicted molar refractivity (Wildman–Crippen MR) is 96.9 cm³/mol. The number of hydrogen-bond donors (Lipinski definition) is 2. The standard InChI is InChI=1S/C17H15BrN2O3S/c18-12-3-1-11(2-4-12)16(21)19-13-5-7-14(8-6-13)24-20-15-9-10-23-17(15)22/h1-8,15,20H,9-10H2,(H,19,21)/t15-/m0/s1. The Labute approximate surface area is 152 Å². The van der Waals surface area contributed by atoms with E-state index in [1.807, 2.05) is 36.4 Å². The monoisotopic (exact) mass is 406 g/mol. The van der Waals surface area contributed by atoms with Crippen LogP contribution >= 0.6 is 27.9 Å². The molecule has 3 rings (SSSR count). The molecular formula is C17H15BrN2O3S. The molecule has 5 nitrogen and oxygen atoms in total. The number of halogens is 1. The Morgan fingerprint density at radius 3 is 2.46 bits per heavy atom. The predicted octanol–water partition coefficient (Wildman–Crippen LogP) is 3.61. The molecule has 1 amide bonds. The number of carbonyl (C=O) groups is 2. The summed E-state index contributed by atoms with van der Waals surface area (Å²) < 4.78 is 8.92. The van der Waals surface area contributed by atoms with Crippen molar-refractivity contribution in [2.75, 3.05) is 11.9 Å². The maximum atomic E-state index is 12.2. The van der Waals surface area contributed by atoms with Gasteiger partial charge in [0.2, 0.25) is 0 Å². The third-order valence-corrected chi connectivity index (χ3v) is 4.91. The summed E-state index contributed by atoms with van der Waals surface area (Å²) in [4.78, 5) is 24.5. The number of benzene rings is 2. The average molecular weight is 407 g/mol. The molecule has 2 aromatic carbocycles. The van der Waals surface area contributed by atoms with Crippen molar-refractivity contribution in [1.82, 2.24) is 4.72 Å². The van der Waals surface area contributed by atoms with Crippen LogP contribution in [0.5, 0.6) is 0 Å².